The number of nitro groups is 1. The Kier molecular flexibility index (Phi) is 2.97. The number of hydrogen-bond donors (Lipinski definition) is 0. The topological polar surface area (TPSA) is 72.7 Å². The first-order valence-electron chi connectivity index (χ1n) is 6.86. The van der Waals surface area contributed by atoms with Gasteiger partial charge >= 0.3 is 0 Å². The van der Waals surface area contributed by atoms with Crippen molar-refractivity contribution in [2.45, 2.75) is 32.3 Å². The van der Waals surface area contributed by atoms with Crippen LogP contribution in [0.5, 0.6) is 5.75 Å². The first kappa shape index (κ1) is 13.6. The molecule has 2 aliphatic rings. The summed E-state index contributed by atoms with van der Waals surface area (Å²) in [6.07, 6.45) is 3.11. The summed E-state index contributed by atoms with van der Waals surface area (Å²) in [6, 6.07) is 4.49. The number of rotatable bonds is 2. The minimum absolute atomic E-state index is 0.00639. The van der Waals surface area contributed by atoms with E-state index < -0.39 is 10.5 Å². The molecule has 1 heterocycles. The van der Waals surface area contributed by atoms with E-state index in [4.69, 9.17) is 4.74 Å². The van der Waals surface area contributed by atoms with Crippen molar-refractivity contribution in [2.24, 2.45) is 0 Å². The highest BCUT2D eigenvalue weighted by atomic mass is 16.6. The molecule has 0 fully saturated rings. The molecule has 0 radical (unpaired) electrons. The minimum atomic E-state index is -0.465. The first-order chi connectivity index (χ1) is 9.87. The lowest BCUT2D eigenvalue weighted by Crippen LogP contribution is -2.47. The molecule has 110 valence electrons. The Morgan fingerprint density at radius 2 is 2.14 bits per heavy atom. The Balaban J connectivity index is 2.11. The van der Waals surface area contributed by atoms with Crippen LogP contribution >= 0.6 is 0 Å². The number of hydrogen-bond acceptors (Lipinski definition) is 5. The van der Waals surface area contributed by atoms with Gasteiger partial charge in [-0.2, -0.15) is 0 Å². The van der Waals surface area contributed by atoms with E-state index >= 15 is 0 Å². The van der Waals surface area contributed by atoms with Crippen molar-refractivity contribution >= 4 is 17.2 Å². The quantitative estimate of drug-likeness (QED) is 0.618. The van der Waals surface area contributed by atoms with Gasteiger partial charge in [-0.05, 0) is 26.3 Å². The van der Waals surface area contributed by atoms with Crippen LogP contribution in [0.4, 0.5) is 11.4 Å². The molecule has 0 amide bonds. The number of anilines is 1. The van der Waals surface area contributed by atoms with E-state index in [1.54, 1.807) is 6.07 Å². The zero-order valence-corrected chi connectivity index (χ0v) is 12.0. The molecule has 1 aliphatic carbocycles. The summed E-state index contributed by atoms with van der Waals surface area (Å²) in [4.78, 5) is 24.4. The molecule has 6 heteroatoms. The van der Waals surface area contributed by atoms with Crippen molar-refractivity contribution in [2.75, 3.05) is 11.4 Å². The standard InChI is InChI=1S/C15H16N2O4/c1-15(2)9-16(11-4-3-5-13(11)18)12-8-10(17(19)20)6-7-14(12)21-15/h4,6-8H,3,5,9H2,1-2H3. The van der Waals surface area contributed by atoms with Crippen molar-refractivity contribution in [3.8, 4) is 5.75 Å². The van der Waals surface area contributed by atoms with Gasteiger partial charge < -0.3 is 9.64 Å². The van der Waals surface area contributed by atoms with E-state index in [-0.39, 0.29) is 11.5 Å². The normalized spacial score (nSPS) is 19.8. The Hall–Kier alpha value is -2.37. The van der Waals surface area contributed by atoms with Gasteiger partial charge in [-0.3, -0.25) is 14.9 Å². The third-order valence-electron chi connectivity index (χ3n) is 3.65. The van der Waals surface area contributed by atoms with Crippen LogP contribution in [0, 0.1) is 10.1 Å². The summed E-state index contributed by atoms with van der Waals surface area (Å²) in [5.74, 6) is 0.641. The van der Waals surface area contributed by atoms with Crippen LogP contribution < -0.4 is 9.64 Å². The number of carbonyl (C=O) groups is 1. The summed E-state index contributed by atoms with van der Waals surface area (Å²) in [7, 11) is 0. The second-order valence-electron chi connectivity index (χ2n) is 5.91. The molecular weight excluding hydrogens is 272 g/mol. The second kappa shape index (κ2) is 4.58. The number of carbonyl (C=O) groups excluding carboxylic acids is 1. The summed E-state index contributed by atoms with van der Waals surface area (Å²) in [5, 5.41) is 11.0. The molecule has 1 aromatic rings. The predicted octanol–water partition coefficient (Wildman–Crippen LogP) is 2.82. The van der Waals surface area contributed by atoms with Gasteiger partial charge in [-0.25, -0.2) is 0 Å². The Bertz CT molecular complexity index is 664. The highest BCUT2D eigenvalue weighted by Gasteiger charge is 2.36. The molecule has 1 aliphatic heterocycles. The molecule has 21 heavy (non-hydrogen) atoms. The molecule has 0 atom stereocenters. The van der Waals surface area contributed by atoms with Gasteiger partial charge in [0.05, 0.1) is 22.9 Å². The van der Waals surface area contributed by atoms with Crippen molar-refractivity contribution in [3.05, 3.63) is 40.1 Å². The number of nitro benzene ring substituents is 1. The second-order valence-corrected chi connectivity index (χ2v) is 5.91. The Morgan fingerprint density at radius 1 is 1.38 bits per heavy atom. The molecular formula is C15H16N2O4. The van der Waals surface area contributed by atoms with E-state index in [9.17, 15) is 14.9 Å². The lowest BCUT2D eigenvalue weighted by Gasteiger charge is -2.40. The van der Waals surface area contributed by atoms with E-state index in [2.05, 4.69) is 0 Å². The van der Waals surface area contributed by atoms with E-state index in [1.165, 1.54) is 12.1 Å². The zero-order chi connectivity index (χ0) is 15.2. The Morgan fingerprint density at radius 3 is 2.76 bits per heavy atom. The van der Waals surface area contributed by atoms with E-state index in [0.29, 0.717) is 30.1 Å². The van der Waals surface area contributed by atoms with Gasteiger partial charge in [0.1, 0.15) is 11.4 Å². The summed E-state index contributed by atoms with van der Waals surface area (Å²) < 4.78 is 5.88. The van der Waals surface area contributed by atoms with Crippen LogP contribution in [0.3, 0.4) is 0 Å². The number of ether oxygens (including phenoxy) is 1. The largest absolute Gasteiger partial charge is 0.484 e. The van der Waals surface area contributed by atoms with Gasteiger partial charge in [0.15, 0.2) is 5.78 Å². The maximum absolute atomic E-state index is 12.0. The number of fused-ring (bicyclic) bond motifs is 1. The molecule has 0 bridgehead atoms. The predicted molar refractivity (Wildman–Crippen MR) is 77.5 cm³/mol. The number of nitrogens with zero attached hydrogens (tertiary/aromatic N) is 2. The first-order valence-corrected chi connectivity index (χ1v) is 6.86. The molecule has 3 rings (SSSR count). The minimum Gasteiger partial charge on any atom is -0.484 e. The van der Waals surface area contributed by atoms with E-state index in [0.717, 1.165) is 6.42 Å². The van der Waals surface area contributed by atoms with Gasteiger partial charge in [-0.1, -0.05) is 6.08 Å². The smallest absolute Gasteiger partial charge is 0.271 e. The molecule has 0 saturated heterocycles. The summed E-state index contributed by atoms with van der Waals surface area (Å²) in [6.45, 7) is 4.35. The van der Waals surface area contributed by atoms with Crippen molar-refractivity contribution in [1.82, 2.24) is 0 Å². The van der Waals surface area contributed by atoms with Crippen LogP contribution in [0.1, 0.15) is 26.7 Å². The van der Waals surface area contributed by atoms with Crippen LogP contribution in [0.15, 0.2) is 30.0 Å². The number of ketones is 1. The fourth-order valence-corrected chi connectivity index (χ4v) is 2.77. The Labute approximate surface area is 122 Å². The fourth-order valence-electron chi connectivity index (χ4n) is 2.77. The summed E-state index contributed by atoms with van der Waals surface area (Å²) in [5.41, 5.74) is 0.735. The molecule has 0 unspecified atom stereocenters. The van der Waals surface area contributed by atoms with Crippen molar-refractivity contribution in [1.29, 1.82) is 0 Å². The van der Waals surface area contributed by atoms with E-state index in [1.807, 2.05) is 24.8 Å². The third-order valence-corrected chi connectivity index (χ3v) is 3.65. The monoisotopic (exact) mass is 288 g/mol. The van der Waals surface area contributed by atoms with Crippen LogP contribution in [-0.4, -0.2) is 22.9 Å². The highest BCUT2D eigenvalue weighted by Crippen LogP contribution is 2.42. The number of non-ortho nitro benzene ring substituents is 1. The van der Waals surface area contributed by atoms with Crippen LogP contribution in [-0.2, 0) is 4.79 Å². The third kappa shape index (κ3) is 2.37. The van der Waals surface area contributed by atoms with Gasteiger partial charge in [0, 0.05) is 18.6 Å². The molecule has 0 spiro atoms. The van der Waals surface area contributed by atoms with Crippen molar-refractivity contribution in [3.63, 3.8) is 0 Å². The maximum atomic E-state index is 12.0. The molecule has 0 N–H and O–H groups in total. The number of Topliss-reactive ketones (excluding diaryl/α,β-unsaturated/α-hetero) is 1. The van der Waals surface area contributed by atoms with Crippen molar-refractivity contribution < 1.29 is 14.5 Å². The maximum Gasteiger partial charge on any atom is 0.271 e. The molecule has 1 aromatic carbocycles. The summed E-state index contributed by atoms with van der Waals surface area (Å²) >= 11 is 0. The number of allylic oxidation sites excluding steroid dienone is 2. The van der Waals surface area contributed by atoms with Gasteiger partial charge in [-0.15, -0.1) is 0 Å². The number of benzene rings is 1. The van der Waals surface area contributed by atoms with Crippen LogP contribution in [0.2, 0.25) is 0 Å². The molecule has 6 nitrogen and oxygen atoms in total. The highest BCUT2D eigenvalue weighted by molar-refractivity contribution is 6.01. The SMILES string of the molecule is CC1(C)CN(C2=CCCC2=O)c2cc([N+](=O)[O-])ccc2O1. The van der Waals surface area contributed by atoms with Gasteiger partial charge in [0.25, 0.3) is 5.69 Å². The van der Waals surface area contributed by atoms with Gasteiger partial charge in [0.2, 0.25) is 0 Å². The molecule has 0 saturated carbocycles. The average molecular weight is 288 g/mol. The lowest BCUT2D eigenvalue weighted by molar-refractivity contribution is -0.384. The lowest BCUT2D eigenvalue weighted by atomic mass is 10.0. The van der Waals surface area contributed by atoms with Crippen LogP contribution in [0.25, 0.3) is 0 Å². The molecule has 0 aromatic heterocycles. The fraction of sp³-hybridized carbons (Fsp3) is 0.400. The zero-order valence-electron chi connectivity index (χ0n) is 12.0. The average Bonchev–Trinajstić information content (AvgIpc) is 2.82.